The summed E-state index contributed by atoms with van der Waals surface area (Å²) in [5, 5.41) is 3.75. The van der Waals surface area contributed by atoms with Crippen molar-refractivity contribution >= 4 is 44.8 Å². The van der Waals surface area contributed by atoms with Crippen molar-refractivity contribution in [2.45, 2.75) is 12.8 Å². The first-order valence-electron chi connectivity index (χ1n) is 8.38. The van der Waals surface area contributed by atoms with Gasteiger partial charge < -0.3 is 10.1 Å². The number of nitrogens with zero attached hydrogens (tertiary/aromatic N) is 4. The van der Waals surface area contributed by atoms with E-state index in [0.717, 1.165) is 24.3 Å². The topological polar surface area (TPSA) is 63.2 Å². The zero-order chi connectivity index (χ0) is 17.9. The predicted molar refractivity (Wildman–Crippen MR) is 101 cm³/mol. The van der Waals surface area contributed by atoms with E-state index in [-0.39, 0.29) is 5.02 Å². The summed E-state index contributed by atoms with van der Waals surface area (Å²) in [6.07, 6.45) is 3.96. The first kappa shape index (κ1) is 17.4. The van der Waals surface area contributed by atoms with Gasteiger partial charge in [-0.15, -0.1) is 0 Å². The molecule has 1 saturated heterocycles. The van der Waals surface area contributed by atoms with Crippen molar-refractivity contribution in [1.82, 2.24) is 19.9 Å². The Bertz CT molecular complexity index is 915. The van der Waals surface area contributed by atoms with Gasteiger partial charge in [-0.3, -0.25) is 4.90 Å². The molecule has 0 atom stereocenters. The molecule has 0 aliphatic carbocycles. The fraction of sp³-hybridized carbons (Fsp3) is 0.353. The molecule has 0 unspecified atom stereocenters. The second-order valence-corrected chi connectivity index (χ2v) is 7.37. The highest BCUT2D eigenvalue weighted by Crippen LogP contribution is 2.33. The Morgan fingerprint density at radius 1 is 1.27 bits per heavy atom. The van der Waals surface area contributed by atoms with Crippen LogP contribution in [0.4, 0.5) is 15.9 Å². The predicted octanol–water partition coefficient (Wildman–Crippen LogP) is 4.10. The average Bonchev–Trinajstić information content (AvgIpc) is 3.28. The summed E-state index contributed by atoms with van der Waals surface area (Å²) in [5.41, 5.74) is 1.21. The van der Waals surface area contributed by atoms with Gasteiger partial charge in [0.25, 0.3) is 5.19 Å². The molecule has 9 heteroatoms. The molecule has 1 fully saturated rings. The van der Waals surface area contributed by atoms with E-state index >= 15 is 0 Å². The number of benzene rings is 1. The van der Waals surface area contributed by atoms with Gasteiger partial charge in [0.1, 0.15) is 23.5 Å². The van der Waals surface area contributed by atoms with Crippen LogP contribution < -0.4 is 10.1 Å². The molecule has 0 radical (unpaired) electrons. The molecule has 0 amide bonds. The van der Waals surface area contributed by atoms with Crippen LogP contribution in [-0.2, 0) is 0 Å². The molecule has 1 aromatic carbocycles. The summed E-state index contributed by atoms with van der Waals surface area (Å²) in [6, 6.07) is 4.42. The Morgan fingerprint density at radius 2 is 2.12 bits per heavy atom. The molecule has 136 valence electrons. The zero-order valence-electron chi connectivity index (χ0n) is 13.9. The monoisotopic (exact) mass is 393 g/mol. The minimum atomic E-state index is -0.462. The smallest absolute Gasteiger partial charge is 0.276 e. The van der Waals surface area contributed by atoms with E-state index in [9.17, 15) is 4.39 Å². The number of ether oxygens (including phenoxy) is 1. The SMILES string of the molecule is Fc1ccc(Nc2ncnc3nc(OCCN4CCCC4)sc23)cc1Cl. The van der Waals surface area contributed by atoms with E-state index in [1.807, 2.05) is 0 Å². The molecular formula is C17H17ClFN5OS. The summed E-state index contributed by atoms with van der Waals surface area (Å²) in [4.78, 5) is 15.3. The lowest BCUT2D eigenvalue weighted by molar-refractivity contribution is 0.237. The minimum absolute atomic E-state index is 0.0514. The van der Waals surface area contributed by atoms with E-state index in [2.05, 4.69) is 25.2 Å². The number of hydrogen-bond acceptors (Lipinski definition) is 7. The first-order valence-corrected chi connectivity index (χ1v) is 9.57. The fourth-order valence-electron chi connectivity index (χ4n) is 2.86. The number of nitrogens with one attached hydrogen (secondary N) is 1. The minimum Gasteiger partial charge on any atom is -0.469 e. The van der Waals surface area contributed by atoms with E-state index in [4.69, 9.17) is 16.3 Å². The maximum absolute atomic E-state index is 13.3. The molecule has 1 N–H and O–H groups in total. The Kier molecular flexibility index (Phi) is 5.14. The molecule has 26 heavy (non-hydrogen) atoms. The lowest BCUT2D eigenvalue weighted by Gasteiger charge is -2.13. The van der Waals surface area contributed by atoms with Gasteiger partial charge in [0.05, 0.1) is 5.02 Å². The van der Waals surface area contributed by atoms with Gasteiger partial charge in [-0.05, 0) is 44.1 Å². The second kappa shape index (κ2) is 7.69. The Labute approximate surface area is 159 Å². The van der Waals surface area contributed by atoms with Gasteiger partial charge in [0, 0.05) is 12.2 Å². The van der Waals surface area contributed by atoms with Crippen molar-refractivity contribution in [1.29, 1.82) is 0 Å². The highest BCUT2D eigenvalue weighted by molar-refractivity contribution is 7.20. The van der Waals surface area contributed by atoms with Gasteiger partial charge in [0.15, 0.2) is 11.5 Å². The fourth-order valence-corrected chi connectivity index (χ4v) is 3.88. The molecule has 3 heterocycles. The molecular weight excluding hydrogens is 377 g/mol. The third kappa shape index (κ3) is 3.87. The third-order valence-corrected chi connectivity index (χ3v) is 5.44. The summed E-state index contributed by atoms with van der Waals surface area (Å²) in [7, 11) is 0. The molecule has 1 aliphatic rings. The van der Waals surface area contributed by atoms with Gasteiger partial charge in [-0.2, -0.15) is 4.98 Å². The van der Waals surface area contributed by atoms with Gasteiger partial charge in [-0.25, -0.2) is 14.4 Å². The molecule has 0 spiro atoms. The summed E-state index contributed by atoms with van der Waals surface area (Å²) in [6.45, 7) is 3.79. The van der Waals surface area contributed by atoms with Crippen LogP contribution in [0.3, 0.4) is 0 Å². The lowest BCUT2D eigenvalue weighted by Crippen LogP contribution is -2.24. The molecule has 0 bridgehead atoms. The van der Waals surface area contributed by atoms with Crippen LogP contribution in [0.5, 0.6) is 5.19 Å². The Balaban J connectivity index is 1.48. The summed E-state index contributed by atoms with van der Waals surface area (Å²) >= 11 is 7.22. The van der Waals surface area contributed by atoms with E-state index in [1.165, 1.54) is 42.6 Å². The number of likely N-dealkylation sites (tertiary alicyclic amines) is 1. The van der Waals surface area contributed by atoms with Crippen molar-refractivity contribution in [3.8, 4) is 5.19 Å². The van der Waals surface area contributed by atoms with Crippen molar-refractivity contribution in [2.24, 2.45) is 0 Å². The number of anilines is 2. The van der Waals surface area contributed by atoms with Crippen molar-refractivity contribution in [3.05, 3.63) is 35.4 Å². The quantitative estimate of drug-likeness (QED) is 0.680. The zero-order valence-corrected chi connectivity index (χ0v) is 15.5. The van der Waals surface area contributed by atoms with Crippen LogP contribution in [0.1, 0.15) is 12.8 Å². The molecule has 1 aliphatic heterocycles. The molecule has 6 nitrogen and oxygen atoms in total. The maximum Gasteiger partial charge on any atom is 0.276 e. The summed E-state index contributed by atoms with van der Waals surface area (Å²) in [5.74, 6) is 0.126. The first-order chi connectivity index (χ1) is 12.7. The van der Waals surface area contributed by atoms with Gasteiger partial charge in [-0.1, -0.05) is 22.9 Å². The largest absolute Gasteiger partial charge is 0.469 e. The molecule has 0 saturated carbocycles. The lowest BCUT2D eigenvalue weighted by atomic mass is 10.3. The van der Waals surface area contributed by atoms with Gasteiger partial charge in [0.2, 0.25) is 0 Å². The van der Waals surface area contributed by atoms with Crippen LogP contribution >= 0.6 is 22.9 Å². The van der Waals surface area contributed by atoms with Crippen LogP contribution in [0.2, 0.25) is 5.02 Å². The van der Waals surface area contributed by atoms with Crippen molar-refractivity contribution in [2.75, 3.05) is 31.6 Å². The highest BCUT2D eigenvalue weighted by atomic mass is 35.5. The third-order valence-electron chi connectivity index (χ3n) is 4.19. The van der Waals surface area contributed by atoms with E-state index in [1.54, 1.807) is 6.07 Å². The Morgan fingerprint density at radius 3 is 2.92 bits per heavy atom. The number of thiazole rings is 1. The van der Waals surface area contributed by atoms with Crippen LogP contribution in [-0.4, -0.2) is 46.1 Å². The van der Waals surface area contributed by atoms with Crippen LogP contribution in [0, 0.1) is 5.82 Å². The normalized spacial score (nSPS) is 14.8. The number of fused-ring (bicyclic) bond motifs is 1. The summed E-state index contributed by atoms with van der Waals surface area (Å²) < 4.78 is 19.9. The average molecular weight is 394 g/mol. The standard InChI is InChI=1S/C17H17ClFN5OS/c18-12-9-11(3-4-13(12)19)22-15-14-16(21-10-20-15)23-17(26-14)25-8-7-24-5-1-2-6-24/h3-4,9-10H,1-2,5-8H2,(H,20,21,22). The van der Waals surface area contributed by atoms with Crippen molar-refractivity contribution in [3.63, 3.8) is 0 Å². The number of rotatable bonds is 6. The van der Waals surface area contributed by atoms with Gasteiger partial charge >= 0.3 is 0 Å². The van der Waals surface area contributed by atoms with Crippen LogP contribution in [0.25, 0.3) is 10.3 Å². The number of hydrogen-bond donors (Lipinski definition) is 1. The molecule has 2 aromatic heterocycles. The van der Waals surface area contributed by atoms with E-state index in [0.29, 0.717) is 29.0 Å². The molecule has 4 rings (SSSR count). The van der Waals surface area contributed by atoms with Crippen LogP contribution in [0.15, 0.2) is 24.5 Å². The van der Waals surface area contributed by atoms with E-state index < -0.39 is 5.82 Å². The molecule has 3 aromatic rings. The number of aromatic nitrogens is 3. The Hall–Kier alpha value is -2.03. The van der Waals surface area contributed by atoms with Crippen molar-refractivity contribution < 1.29 is 9.13 Å². The number of halogens is 2. The second-order valence-electron chi connectivity index (χ2n) is 6.01. The highest BCUT2D eigenvalue weighted by Gasteiger charge is 2.14. The maximum atomic E-state index is 13.3.